The minimum absolute atomic E-state index is 0.0190. The Kier molecular flexibility index (Phi) is 11.6. The van der Waals surface area contributed by atoms with Crippen LogP contribution in [0.2, 0.25) is 0 Å². The zero-order chi connectivity index (χ0) is 26.1. The van der Waals surface area contributed by atoms with Gasteiger partial charge in [-0.25, -0.2) is 0 Å². The number of nitrogens with one attached hydrogen (secondary N) is 4. The summed E-state index contributed by atoms with van der Waals surface area (Å²) in [7, 11) is 2.00. The maximum absolute atomic E-state index is 8.80. The van der Waals surface area contributed by atoms with E-state index in [1.165, 1.54) is 11.8 Å². The van der Waals surface area contributed by atoms with Crippen molar-refractivity contribution in [2.75, 3.05) is 12.4 Å². The van der Waals surface area contributed by atoms with Crippen molar-refractivity contribution in [1.82, 2.24) is 10.2 Å². The van der Waals surface area contributed by atoms with Gasteiger partial charge in [0.15, 0.2) is 5.17 Å². The Hall–Kier alpha value is -2.05. The first kappa shape index (κ1) is 30.0. The highest BCUT2D eigenvalue weighted by Gasteiger charge is 2.39. The second-order valence-electron chi connectivity index (χ2n) is 10.0. The second kappa shape index (κ2) is 13.1. The Balaban J connectivity index is 0.00000281. The van der Waals surface area contributed by atoms with Gasteiger partial charge in [0, 0.05) is 35.4 Å². The summed E-state index contributed by atoms with van der Waals surface area (Å²) in [6.45, 7) is 20.9. The maximum Gasteiger partial charge on any atom is 0.162 e. The Morgan fingerprint density at radius 3 is 2.26 bits per heavy atom. The number of para-hydroxylation sites is 1. The first-order valence-corrected chi connectivity index (χ1v) is 13.3. The summed E-state index contributed by atoms with van der Waals surface area (Å²) in [5.41, 5.74) is 4.21. The van der Waals surface area contributed by atoms with Crippen molar-refractivity contribution in [2.45, 2.75) is 98.2 Å². The van der Waals surface area contributed by atoms with E-state index in [-0.39, 0.29) is 17.1 Å². The predicted octanol–water partition coefficient (Wildman–Crippen LogP) is 7.73. The van der Waals surface area contributed by atoms with Crippen LogP contribution in [0.5, 0.6) is 0 Å². The minimum Gasteiger partial charge on any atom is -0.362 e. The van der Waals surface area contributed by atoms with Crippen molar-refractivity contribution in [2.24, 2.45) is 0 Å². The summed E-state index contributed by atoms with van der Waals surface area (Å²) in [5, 5.41) is 25.4. The number of hydrogen-bond donors (Lipinski definition) is 4. The molecule has 0 atom stereocenters. The third-order valence-electron chi connectivity index (χ3n) is 6.04. The van der Waals surface area contributed by atoms with E-state index in [0.29, 0.717) is 10.2 Å². The normalized spacial score (nSPS) is 17.6. The van der Waals surface area contributed by atoms with Crippen LogP contribution >= 0.6 is 11.8 Å². The summed E-state index contributed by atoms with van der Waals surface area (Å²) in [6.07, 6.45) is 5.50. The van der Waals surface area contributed by atoms with Crippen LogP contribution in [0.25, 0.3) is 5.57 Å². The van der Waals surface area contributed by atoms with Gasteiger partial charge in [-0.05, 0) is 89.1 Å². The van der Waals surface area contributed by atoms with E-state index < -0.39 is 0 Å². The highest BCUT2D eigenvalue weighted by Crippen LogP contribution is 2.34. The Morgan fingerprint density at radius 2 is 1.74 bits per heavy atom. The molecular weight excluding hydrogens is 438 g/mol. The van der Waals surface area contributed by atoms with Crippen molar-refractivity contribution in [3.8, 4) is 0 Å². The van der Waals surface area contributed by atoms with E-state index in [4.69, 9.17) is 10.8 Å². The van der Waals surface area contributed by atoms with Crippen molar-refractivity contribution >= 4 is 33.2 Å². The summed E-state index contributed by atoms with van der Waals surface area (Å²) in [5.74, 6) is 0. The molecule has 0 aromatic heterocycles. The van der Waals surface area contributed by atoms with Crippen LogP contribution in [0.1, 0.15) is 86.6 Å². The van der Waals surface area contributed by atoms with Gasteiger partial charge in [-0.15, -0.1) is 0 Å². The summed E-state index contributed by atoms with van der Waals surface area (Å²) < 4.78 is 0. The Labute approximate surface area is 212 Å². The fraction of sp³-hybridized carbons (Fsp3) is 0.571. The molecule has 6 heteroatoms. The van der Waals surface area contributed by atoms with Gasteiger partial charge < -0.3 is 15.5 Å². The number of rotatable bonds is 7. The standard InChI is InChI=1S/C26H41N5S.C2H6/c1-9-13-20(21-14-11-12-15-22(21)29-10-2)18(3)23(27)32-24(28)31(8)19-16-25(4,5)30-26(6,7)17-19;1-2/h10-12,14-15,19,27-30H,2,9,13,16-17H2,1,3-8H3;1-2H3/b20-18+,27-23?,28-24?;. The highest BCUT2D eigenvalue weighted by atomic mass is 32.2. The monoisotopic (exact) mass is 485 g/mol. The maximum atomic E-state index is 8.80. The van der Waals surface area contributed by atoms with Gasteiger partial charge in [0.05, 0.1) is 5.04 Å². The van der Waals surface area contributed by atoms with Crippen molar-refractivity contribution < 1.29 is 0 Å². The molecule has 0 bridgehead atoms. The number of hydrogen-bond acceptors (Lipinski definition) is 5. The SMILES string of the molecule is C=CNc1ccccc1/C(CCC)=C(\C)C(=N)SC(=N)N(C)C1CC(C)(C)NC(C)(C)C1.CC. The van der Waals surface area contributed by atoms with E-state index in [1.807, 2.05) is 46.0 Å². The number of amidine groups is 1. The molecule has 0 radical (unpaired) electrons. The average Bonchev–Trinajstić information content (AvgIpc) is 2.76. The van der Waals surface area contributed by atoms with Gasteiger partial charge in [0.1, 0.15) is 0 Å². The molecule has 1 heterocycles. The van der Waals surface area contributed by atoms with E-state index >= 15 is 0 Å². The number of nitrogens with zero attached hydrogens (tertiary/aromatic N) is 1. The van der Waals surface area contributed by atoms with Crippen molar-refractivity contribution in [1.29, 1.82) is 10.8 Å². The molecule has 190 valence electrons. The molecule has 1 saturated heterocycles. The molecule has 1 aromatic rings. The average molecular weight is 486 g/mol. The van der Waals surface area contributed by atoms with Crippen LogP contribution < -0.4 is 10.6 Å². The van der Waals surface area contributed by atoms with Gasteiger partial charge in [-0.3, -0.25) is 10.8 Å². The Bertz CT molecular complexity index is 869. The number of thioether (sulfide) groups is 1. The molecule has 0 aliphatic carbocycles. The lowest BCUT2D eigenvalue weighted by Gasteiger charge is -2.49. The second-order valence-corrected chi connectivity index (χ2v) is 11.0. The lowest BCUT2D eigenvalue weighted by molar-refractivity contribution is 0.114. The van der Waals surface area contributed by atoms with Gasteiger partial charge in [0.25, 0.3) is 0 Å². The molecule has 34 heavy (non-hydrogen) atoms. The lowest BCUT2D eigenvalue weighted by atomic mass is 9.79. The molecule has 5 nitrogen and oxygen atoms in total. The van der Waals surface area contributed by atoms with E-state index in [1.54, 1.807) is 6.20 Å². The molecule has 0 amide bonds. The van der Waals surface area contributed by atoms with Crippen LogP contribution in [0, 0.1) is 10.8 Å². The Morgan fingerprint density at radius 1 is 1.18 bits per heavy atom. The molecule has 2 rings (SSSR count). The molecule has 0 unspecified atom stereocenters. The van der Waals surface area contributed by atoms with Gasteiger partial charge in [0.2, 0.25) is 0 Å². The highest BCUT2D eigenvalue weighted by molar-refractivity contribution is 8.26. The zero-order valence-corrected chi connectivity index (χ0v) is 23.7. The first-order chi connectivity index (χ1) is 15.9. The molecular formula is C28H47N5S. The van der Waals surface area contributed by atoms with Crippen LogP contribution in [0.3, 0.4) is 0 Å². The first-order valence-electron chi connectivity index (χ1n) is 12.4. The summed E-state index contributed by atoms with van der Waals surface area (Å²) in [4.78, 5) is 2.06. The van der Waals surface area contributed by atoms with E-state index in [9.17, 15) is 0 Å². The fourth-order valence-electron chi connectivity index (χ4n) is 4.85. The minimum atomic E-state index is 0.0190. The quantitative estimate of drug-likeness (QED) is 0.235. The van der Waals surface area contributed by atoms with Gasteiger partial charge >= 0.3 is 0 Å². The number of anilines is 1. The fourth-order valence-corrected chi connectivity index (χ4v) is 5.61. The molecule has 0 saturated carbocycles. The van der Waals surface area contributed by atoms with E-state index in [0.717, 1.165) is 48.1 Å². The number of allylic oxidation sites excluding steroid dienone is 1. The third-order valence-corrected chi connectivity index (χ3v) is 7.03. The summed E-state index contributed by atoms with van der Waals surface area (Å²) in [6, 6.07) is 8.42. The topological polar surface area (TPSA) is 75.0 Å². The molecule has 0 spiro atoms. The number of benzene rings is 1. The van der Waals surface area contributed by atoms with Crippen molar-refractivity contribution in [3.05, 3.63) is 48.2 Å². The molecule has 1 aliphatic heterocycles. The van der Waals surface area contributed by atoms with Crippen LogP contribution in [0.15, 0.2) is 42.6 Å². The predicted molar refractivity (Wildman–Crippen MR) is 154 cm³/mol. The summed E-state index contributed by atoms with van der Waals surface area (Å²) >= 11 is 1.25. The molecule has 4 N–H and O–H groups in total. The molecule has 1 aliphatic rings. The molecule has 1 aromatic carbocycles. The zero-order valence-electron chi connectivity index (χ0n) is 22.9. The van der Waals surface area contributed by atoms with Crippen molar-refractivity contribution in [3.63, 3.8) is 0 Å². The largest absolute Gasteiger partial charge is 0.362 e. The van der Waals surface area contributed by atoms with Gasteiger partial charge in [-0.2, -0.15) is 0 Å². The third kappa shape index (κ3) is 8.31. The van der Waals surface area contributed by atoms with Crippen LogP contribution in [-0.4, -0.2) is 39.3 Å². The van der Waals surface area contributed by atoms with Crippen LogP contribution in [-0.2, 0) is 0 Å². The van der Waals surface area contributed by atoms with Crippen LogP contribution in [0.4, 0.5) is 5.69 Å². The van der Waals surface area contributed by atoms with Gasteiger partial charge in [-0.1, -0.05) is 52.0 Å². The number of piperidine rings is 1. The molecule has 1 fully saturated rings. The van der Waals surface area contributed by atoms with E-state index in [2.05, 4.69) is 62.8 Å². The smallest absolute Gasteiger partial charge is 0.162 e. The lowest BCUT2D eigenvalue weighted by Crippen LogP contribution is -2.62.